The second kappa shape index (κ2) is 8.38. The molecule has 0 aromatic rings. The predicted molar refractivity (Wildman–Crippen MR) is 90.2 cm³/mol. The van der Waals surface area contributed by atoms with Crippen LogP contribution in [0.1, 0.15) is 67.2 Å². The van der Waals surface area contributed by atoms with Crippen LogP contribution in [0.15, 0.2) is 0 Å². The van der Waals surface area contributed by atoms with Crippen LogP contribution in [-0.2, 0) is 0 Å². The van der Waals surface area contributed by atoms with Gasteiger partial charge in [0.25, 0.3) is 0 Å². The van der Waals surface area contributed by atoms with E-state index in [9.17, 15) is 0 Å². The molecule has 1 heterocycles. The summed E-state index contributed by atoms with van der Waals surface area (Å²) >= 11 is 0. The molecule has 0 amide bonds. The first-order valence-electron chi connectivity index (χ1n) is 8.77. The van der Waals surface area contributed by atoms with E-state index >= 15 is 0 Å². The highest BCUT2D eigenvalue weighted by Crippen LogP contribution is 2.30. The van der Waals surface area contributed by atoms with Crippen molar-refractivity contribution in [1.82, 2.24) is 10.2 Å². The van der Waals surface area contributed by atoms with Gasteiger partial charge in [0.15, 0.2) is 0 Å². The molecule has 0 aromatic heterocycles. The van der Waals surface area contributed by atoms with Crippen molar-refractivity contribution >= 4 is 0 Å². The molecule has 1 unspecified atom stereocenters. The van der Waals surface area contributed by atoms with E-state index in [0.717, 1.165) is 11.8 Å². The maximum Gasteiger partial charge on any atom is 0.0246 e. The third-order valence-corrected chi connectivity index (χ3v) is 4.82. The average Bonchev–Trinajstić information content (AvgIpc) is 2.34. The fourth-order valence-corrected chi connectivity index (χ4v) is 3.02. The molecule has 2 nitrogen and oxygen atoms in total. The zero-order valence-corrected chi connectivity index (χ0v) is 14.8. The average molecular weight is 283 g/mol. The molecule has 0 radical (unpaired) electrons. The Labute approximate surface area is 127 Å². The molecular formula is C18H38N2. The molecule has 1 saturated heterocycles. The van der Waals surface area contributed by atoms with Crippen molar-refractivity contribution in [2.45, 2.75) is 73.3 Å². The van der Waals surface area contributed by atoms with E-state index in [4.69, 9.17) is 0 Å². The zero-order chi connectivity index (χ0) is 15.2. The summed E-state index contributed by atoms with van der Waals surface area (Å²) in [4.78, 5) is 2.71. The third kappa shape index (κ3) is 6.58. The van der Waals surface area contributed by atoms with Gasteiger partial charge in [-0.05, 0) is 62.6 Å². The number of nitrogens with one attached hydrogen (secondary N) is 1. The summed E-state index contributed by atoms with van der Waals surface area (Å²) in [6, 6.07) is 0.663. The molecular weight excluding hydrogens is 244 g/mol. The van der Waals surface area contributed by atoms with Crippen LogP contribution in [0.2, 0.25) is 0 Å². The summed E-state index contributed by atoms with van der Waals surface area (Å²) in [5.41, 5.74) is 0.451. The Hall–Kier alpha value is -0.0800. The van der Waals surface area contributed by atoms with Gasteiger partial charge in [0, 0.05) is 12.6 Å². The summed E-state index contributed by atoms with van der Waals surface area (Å²) in [5.74, 6) is 1.62. The van der Waals surface area contributed by atoms with Gasteiger partial charge >= 0.3 is 0 Å². The highest BCUT2D eigenvalue weighted by Gasteiger charge is 2.32. The summed E-state index contributed by atoms with van der Waals surface area (Å²) < 4.78 is 0. The number of piperidine rings is 1. The van der Waals surface area contributed by atoms with Gasteiger partial charge in [0.1, 0.15) is 0 Å². The van der Waals surface area contributed by atoms with Gasteiger partial charge in [-0.15, -0.1) is 0 Å². The molecule has 0 saturated carbocycles. The molecule has 0 spiro atoms. The number of nitrogens with zero attached hydrogens (tertiary/aromatic N) is 1. The molecule has 1 aliphatic heterocycles. The molecule has 120 valence electrons. The predicted octanol–water partition coefficient (Wildman–Crippen LogP) is 4.16. The minimum atomic E-state index is 0.451. The molecule has 0 aromatic carbocycles. The molecule has 1 N–H and O–H groups in total. The Morgan fingerprint density at radius 3 is 2.05 bits per heavy atom. The van der Waals surface area contributed by atoms with E-state index in [1.165, 1.54) is 51.9 Å². The Morgan fingerprint density at radius 2 is 1.60 bits per heavy atom. The zero-order valence-electron chi connectivity index (χ0n) is 14.8. The smallest absolute Gasteiger partial charge is 0.0246 e. The van der Waals surface area contributed by atoms with Gasteiger partial charge < -0.3 is 10.2 Å². The van der Waals surface area contributed by atoms with Crippen molar-refractivity contribution in [3.63, 3.8) is 0 Å². The van der Waals surface area contributed by atoms with Gasteiger partial charge in [-0.25, -0.2) is 0 Å². The first kappa shape index (κ1) is 18.0. The quantitative estimate of drug-likeness (QED) is 0.719. The number of hydrogen-bond donors (Lipinski definition) is 1. The highest BCUT2D eigenvalue weighted by molar-refractivity contribution is 4.90. The molecule has 20 heavy (non-hydrogen) atoms. The summed E-state index contributed by atoms with van der Waals surface area (Å²) in [7, 11) is 0. The first-order chi connectivity index (χ1) is 9.31. The molecule has 1 fully saturated rings. The Balaban J connectivity index is 2.52. The van der Waals surface area contributed by atoms with Crippen LogP contribution in [0.5, 0.6) is 0 Å². The van der Waals surface area contributed by atoms with E-state index in [-0.39, 0.29) is 0 Å². The third-order valence-electron chi connectivity index (χ3n) is 4.82. The lowest BCUT2D eigenvalue weighted by Gasteiger charge is -2.42. The van der Waals surface area contributed by atoms with Gasteiger partial charge in [-0.2, -0.15) is 0 Å². The maximum atomic E-state index is 3.77. The van der Waals surface area contributed by atoms with E-state index in [1.54, 1.807) is 0 Å². The van der Waals surface area contributed by atoms with Crippen LogP contribution >= 0.6 is 0 Å². The first-order valence-corrected chi connectivity index (χ1v) is 8.77. The Morgan fingerprint density at radius 1 is 1.05 bits per heavy atom. The SMILES string of the molecule is CC(C)CCN(CCC(C)C)CC1NCCCC1(C)C. The Kier molecular flexibility index (Phi) is 7.53. The van der Waals surface area contributed by atoms with Crippen LogP contribution in [0.4, 0.5) is 0 Å². The van der Waals surface area contributed by atoms with Crippen molar-refractivity contribution in [1.29, 1.82) is 0 Å². The van der Waals surface area contributed by atoms with Crippen molar-refractivity contribution in [3.8, 4) is 0 Å². The van der Waals surface area contributed by atoms with Crippen molar-refractivity contribution in [2.75, 3.05) is 26.2 Å². The molecule has 1 aliphatic rings. The topological polar surface area (TPSA) is 15.3 Å². The summed E-state index contributed by atoms with van der Waals surface area (Å²) in [6.45, 7) is 19.2. The van der Waals surface area contributed by atoms with Crippen molar-refractivity contribution < 1.29 is 0 Å². The van der Waals surface area contributed by atoms with Gasteiger partial charge in [0.2, 0.25) is 0 Å². The molecule has 1 atom stereocenters. The van der Waals surface area contributed by atoms with Crippen molar-refractivity contribution in [3.05, 3.63) is 0 Å². The second-order valence-corrected chi connectivity index (χ2v) is 8.26. The largest absolute Gasteiger partial charge is 0.312 e. The monoisotopic (exact) mass is 282 g/mol. The fraction of sp³-hybridized carbons (Fsp3) is 1.00. The van der Waals surface area contributed by atoms with Gasteiger partial charge in [0.05, 0.1) is 0 Å². The van der Waals surface area contributed by atoms with E-state index in [2.05, 4.69) is 51.8 Å². The number of hydrogen-bond acceptors (Lipinski definition) is 2. The minimum absolute atomic E-state index is 0.451. The summed E-state index contributed by atoms with van der Waals surface area (Å²) in [5, 5.41) is 3.77. The van der Waals surface area contributed by atoms with Crippen LogP contribution in [0.25, 0.3) is 0 Å². The molecule has 0 bridgehead atoms. The van der Waals surface area contributed by atoms with Gasteiger partial charge in [-0.1, -0.05) is 41.5 Å². The maximum absolute atomic E-state index is 3.77. The molecule has 2 heteroatoms. The van der Waals surface area contributed by atoms with E-state index in [1.807, 2.05) is 0 Å². The fourth-order valence-electron chi connectivity index (χ4n) is 3.02. The van der Waals surface area contributed by atoms with Gasteiger partial charge in [-0.3, -0.25) is 0 Å². The molecule has 1 rings (SSSR count). The second-order valence-electron chi connectivity index (χ2n) is 8.26. The van der Waals surface area contributed by atoms with E-state index in [0.29, 0.717) is 11.5 Å². The highest BCUT2D eigenvalue weighted by atomic mass is 15.2. The Bertz CT molecular complexity index is 246. The normalized spacial score (nSPS) is 22.9. The number of rotatable bonds is 8. The lowest BCUT2D eigenvalue weighted by atomic mass is 9.77. The lowest BCUT2D eigenvalue weighted by Crippen LogP contribution is -2.53. The standard InChI is InChI=1S/C18H38N2/c1-15(2)8-12-20(13-9-16(3)4)14-17-18(5,6)10-7-11-19-17/h15-17,19H,7-14H2,1-6H3. The van der Waals surface area contributed by atoms with Crippen LogP contribution in [-0.4, -0.2) is 37.1 Å². The van der Waals surface area contributed by atoms with Crippen LogP contribution < -0.4 is 5.32 Å². The van der Waals surface area contributed by atoms with Crippen LogP contribution in [0.3, 0.4) is 0 Å². The van der Waals surface area contributed by atoms with Crippen molar-refractivity contribution in [2.24, 2.45) is 17.3 Å². The summed E-state index contributed by atoms with van der Waals surface area (Å²) in [6.07, 6.45) is 5.35. The minimum Gasteiger partial charge on any atom is -0.312 e. The van der Waals surface area contributed by atoms with E-state index < -0.39 is 0 Å². The molecule has 0 aliphatic carbocycles. The lowest BCUT2D eigenvalue weighted by molar-refractivity contribution is 0.120. The van der Waals surface area contributed by atoms with Crippen LogP contribution in [0, 0.1) is 17.3 Å².